The van der Waals surface area contributed by atoms with Crippen molar-refractivity contribution in [1.29, 1.82) is 0 Å². The van der Waals surface area contributed by atoms with E-state index in [0.29, 0.717) is 24.1 Å². The second-order valence-electron chi connectivity index (χ2n) is 4.27. The highest BCUT2D eigenvalue weighted by Crippen LogP contribution is 2.21. The fourth-order valence-electron chi connectivity index (χ4n) is 1.56. The van der Waals surface area contributed by atoms with E-state index in [1.807, 2.05) is 0 Å². The first-order valence-corrected chi connectivity index (χ1v) is 7.21. The largest absolute Gasteiger partial charge is 0.483 e. The lowest BCUT2D eigenvalue weighted by Gasteiger charge is -2.14. The smallest absolute Gasteiger partial charge is 0.258 e. The Hall–Kier alpha value is -1.89. The van der Waals surface area contributed by atoms with Crippen LogP contribution in [-0.4, -0.2) is 37.3 Å². The summed E-state index contributed by atoms with van der Waals surface area (Å²) in [6, 6.07) is 4.25. The minimum Gasteiger partial charge on any atom is -0.483 e. The molecule has 0 bridgehead atoms. The molecule has 1 aromatic rings. The molecule has 2 amide bonds. The van der Waals surface area contributed by atoms with Crippen LogP contribution in [0.1, 0.15) is 24.2 Å². The van der Waals surface area contributed by atoms with Crippen LogP contribution in [-0.2, 0) is 9.59 Å². The van der Waals surface area contributed by atoms with Gasteiger partial charge in [-0.1, -0.05) is 15.9 Å². The van der Waals surface area contributed by atoms with E-state index in [1.54, 1.807) is 32.0 Å². The Morgan fingerprint density at radius 3 is 2.76 bits per heavy atom. The molecular weight excluding hydrogens is 340 g/mol. The van der Waals surface area contributed by atoms with Gasteiger partial charge < -0.3 is 15.4 Å². The van der Waals surface area contributed by atoms with Gasteiger partial charge in [0.2, 0.25) is 5.91 Å². The van der Waals surface area contributed by atoms with E-state index in [0.717, 1.165) is 4.47 Å². The Balaban J connectivity index is 2.53. The molecule has 0 unspecified atom stereocenters. The first kappa shape index (κ1) is 17.2. The highest BCUT2D eigenvalue weighted by atomic mass is 79.9. The summed E-state index contributed by atoms with van der Waals surface area (Å²) >= 11 is 3.24. The molecule has 2 N–H and O–H groups in total. The van der Waals surface area contributed by atoms with Crippen molar-refractivity contribution >= 4 is 34.0 Å². The maximum absolute atomic E-state index is 11.7. The zero-order valence-electron chi connectivity index (χ0n) is 11.8. The minimum atomic E-state index is -0.642. The van der Waals surface area contributed by atoms with Crippen molar-refractivity contribution in [3.8, 4) is 5.75 Å². The number of amides is 2. The molecule has 0 aliphatic rings. The molecule has 0 aliphatic heterocycles. The number of aldehydes is 1. The van der Waals surface area contributed by atoms with Gasteiger partial charge in [0.25, 0.3) is 5.91 Å². The minimum absolute atomic E-state index is 0.261. The third-order valence-corrected chi connectivity index (χ3v) is 3.07. The normalized spacial score (nSPS) is 11.4. The Kier molecular flexibility index (Phi) is 6.87. The third kappa shape index (κ3) is 5.55. The van der Waals surface area contributed by atoms with Crippen LogP contribution in [0.3, 0.4) is 0 Å². The Bertz CT molecular complexity index is 534. The van der Waals surface area contributed by atoms with Crippen LogP contribution < -0.4 is 15.4 Å². The number of carbonyl (C=O) groups is 3. The van der Waals surface area contributed by atoms with Crippen molar-refractivity contribution in [3.05, 3.63) is 28.2 Å². The summed E-state index contributed by atoms with van der Waals surface area (Å²) in [6.45, 7) is 3.60. The van der Waals surface area contributed by atoms with Crippen LogP contribution in [0.25, 0.3) is 0 Å². The van der Waals surface area contributed by atoms with Gasteiger partial charge in [-0.3, -0.25) is 14.4 Å². The fourth-order valence-corrected chi connectivity index (χ4v) is 1.94. The highest BCUT2D eigenvalue weighted by Gasteiger charge is 2.15. The van der Waals surface area contributed by atoms with Crippen molar-refractivity contribution < 1.29 is 19.1 Å². The Morgan fingerprint density at radius 1 is 1.43 bits per heavy atom. The number of ether oxygens (including phenoxy) is 1. The number of benzene rings is 1. The van der Waals surface area contributed by atoms with Crippen LogP contribution in [0.4, 0.5) is 0 Å². The number of hydrogen-bond donors (Lipinski definition) is 2. The van der Waals surface area contributed by atoms with Crippen LogP contribution in [0.2, 0.25) is 0 Å². The lowest BCUT2D eigenvalue weighted by atomic mass is 10.2. The molecule has 0 aliphatic carbocycles. The molecule has 1 rings (SSSR count). The van der Waals surface area contributed by atoms with Crippen molar-refractivity contribution in [2.45, 2.75) is 19.9 Å². The van der Waals surface area contributed by atoms with Gasteiger partial charge in [-0.2, -0.15) is 0 Å². The summed E-state index contributed by atoms with van der Waals surface area (Å²) in [7, 11) is 0. The van der Waals surface area contributed by atoms with Gasteiger partial charge in [0.05, 0.1) is 5.56 Å². The first-order chi connectivity index (χ1) is 9.97. The summed E-state index contributed by atoms with van der Waals surface area (Å²) in [5.41, 5.74) is 0.342. The summed E-state index contributed by atoms with van der Waals surface area (Å²) < 4.78 is 6.03. The average Bonchev–Trinajstić information content (AvgIpc) is 2.45. The highest BCUT2D eigenvalue weighted by molar-refractivity contribution is 9.10. The molecule has 0 heterocycles. The molecular formula is C14H17BrN2O4. The van der Waals surface area contributed by atoms with E-state index >= 15 is 0 Å². The molecule has 1 atom stereocenters. The predicted molar refractivity (Wildman–Crippen MR) is 81.3 cm³/mol. The van der Waals surface area contributed by atoms with Crippen LogP contribution in [0.15, 0.2) is 22.7 Å². The van der Waals surface area contributed by atoms with E-state index in [2.05, 4.69) is 26.6 Å². The molecule has 6 nitrogen and oxygen atoms in total. The van der Waals surface area contributed by atoms with Gasteiger partial charge in [-0.15, -0.1) is 0 Å². The SMILES string of the molecule is CCNC(=O)[C@@H](C)NC(=O)COc1ccc(Br)cc1C=O. The van der Waals surface area contributed by atoms with E-state index < -0.39 is 11.9 Å². The quantitative estimate of drug-likeness (QED) is 0.720. The van der Waals surface area contributed by atoms with Crippen molar-refractivity contribution in [2.75, 3.05) is 13.2 Å². The average molecular weight is 357 g/mol. The standard InChI is InChI=1S/C14H17BrN2O4/c1-3-16-14(20)9(2)17-13(19)8-21-12-5-4-11(15)6-10(12)7-18/h4-7,9H,3,8H2,1-2H3,(H,16,20)(H,17,19)/t9-/m1/s1. The maximum atomic E-state index is 11.7. The number of likely N-dealkylation sites (N-methyl/N-ethyl adjacent to an activating group) is 1. The third-order valence-electron chi connectivity index (χ3n) is 2.58. The maximum Gasteiger partial charge on any atom is 0.258 e. The number of hydrogen-bond acceptors (Lipinski definition) is 4. The summed E-state index contributed by atoms with van der Waals surface area (Å²) in [5, 5.41) is 5.11. The van der Waals surface area contributed by atoms with Gasteiger partial charge in [0, 0.05) is 11.0 Å². The molecule has 114 valence electrons. The molecule has 7 heteroatoms. The molecule has 0 saturated heterocycles. The molecule has 0 fully saturated rings. The Morgan fingerprint density at radius 2 is 2.14 bits per heavy atom. The van der Waals surface area contributed by atoms with Gasteiger partial charge in [0.15, 0.2) is 12.9 Å². The molecule has 0 radical (unpaired) electrons. The van der Waals surface area contributed by atoms with Crippen LogP contribution in [0.5, 0.6) is 5.75 Å². The van der Waals surface area contributed by atoms with E-state index in [1.165, 1.54) is 0 Å². The number of rotatable bonds is 7. The molecule has 0 aromatic heterocycles. The van der Waals surface area contributed by atoms with E-state index in [9.17, 15) is 14.4 Å². The topological polar surface area (TPSA) is 84.5 Å². The lowest BCUT2D eigenvalue weighted by molar-refractivity contribution is -0.129. The zero-order valence-corrected chi connectivity index (χ0v) is 13.4. The van der Waals surface area contributed by atoms with Gasteiger partial charge in [-0.05, 0) is 32.0 Å². The monoisotopic (exact) mass is 356 g/mol. The van der Waals surface area contributed by atoms with Crippen molar-refractivity contribution in [1.82, 2.24) is 10.6 Å². The van der Waals surface area contributed by atoms with Crippen molar-refractivity contribution in [3.63, 3.8) is 0 Å². The predicted octanol–water partition coefficient (Wildman–Crippen LogP) is 1.28. The summed E-state index contributed by atoms with van der Waals surface area (Å²) in [4.78, 5) is 34.1. The van der Waals surface area contributed by atoms with Gasteiger partial charge in [0.1, 0.15) is 11.8 Å². The molecule has 1 aromatic carbocycles. The lowest BCUT2D eigenvalue weighted by Crippen LogP contribution is -2.46. The van der Waals surface area contributed by atoms with Crippen molar-refractivity contribution in [2.24, 2.45) is 0 Å². The molecule has 0 spiro atoms. The molecule has 21 heavy (non-hydrogen) atoms. The van der Waals surface area contributed by atoms with E-state index in [4.69, 9.17) is 4.74 Å². The number of carbonyl (C=O) groups excluding carboxylic acids is 3. The van der Waals surface area contributed by atoms with Crippen LogP contribution in [0, 0.1) is 0 Å². The second kappa shape index (κ2) is 8.41. The summed E-state index contributed by atoms with van der Waals surface area (Å²) in [6.07, 6.45) is 0.648. The number of nitrogens with one attached hydrogen (secondary N) is 2. The van der Waals surface area contributed by atoms with Gasteiger partial charge >= 0.3 is 0 Å². The Labute approximate surface area is 131 Å². The number of halogens is 1. The van der Waals surface area contributed by atoms with Crippen LogP contribution >= 0.6 is 15.9 Å². The molecule has 0 saturated carbocycles. The van der Waals surface area contributed by atoms with E-state index in [-0.39, 0.29) is 12.5 Å². The zero-order chi connectivity index (χ0) is 15.8. The van der Waals surface area contributed by atoms with Gasteiger partial charge in [-0.25, -0.2) is 0 Å². The second-order valence-corrected chi connectivity index (χ2v) is 5.19. The fraction of sp³-hybridized carbons (Fsp3) is 0.357. The first-order valence-electron chi connectivity index (χ1n) is 6.42. The summed E-state index contributed by atoms with van der Waals surface area (Å²) in [5.74, 6) is -0.384.